The van der Waals surface area contributed by atoms with Crippen LogP contribution in [-0.4, -0.2) is 26.6 Å². The number of hydrogen-bond acceptors (Lipinski definition) is 6. The summed E-state index contributed by atoms with van der Waals surface area (Å²) >= 11 is 3.03. The van der Waals surface area contributed by atoms with Crippen molar-refractivity contribution in [3.8, 4) is 21.9 Å². The first-order chi connectivity index (χ1) is 12.6. The minimum Gasteiger partial charge on any atom is -0.480 e. The van der Waals surface area contributed by atoms with E-state index in [9.17, 15) is 14.7 Å². The number of aromatic nitrogens is 2. The van der Waals surface area contributed by atoms with Crippen LogP contribution in [0.1, 0.15) is 30.4 Å². The van der Waals surface area contributed by atoms with Gasteiger partial charge in [-0.15, -0.1) is 23.1 Å². The third-order valence-corrected chi connectivity index (χ3v) is 6.82. The highest BCUT2D eigenvalue weighted by molar-refractivity contribution is 7.99. The van der Waals surface area contributed by atoms with E-state index < -0.39 is 12.0 Å². The van der Waals surface area contributed by atoms with Gasteiger partial charge < -0.3 is 9.63 Å². The number of nitrogens with zero attached hydrogens (tertiary/aromatic N) is 2. The highest BCUT2D eigenvalue weighted by Gasteiger charge is 2.38. The minimum absolute atomic E-state index is 0.300. The maximum atomic E-state index is 12.7. The van der Waals surface area contributed by atoms with Crippen LogP contribution in [-0.2, 0) is 4.79 Å². The highest BCUT2D eigenvalue weighted by Crippen LogP contribution is 2.50. The molecule has 8 heteroatoms. The second kappa shape index (κ2) is 5.85. The molecule has 3 aromatic rings. The van der Waals surface area contributed by atoms with E-state index in [2.05, 4.69) is 5.16 Å². The van der Waals surface area contributed by atoms with Crippen LogP contribution in [0.4, 0.5) is 0 Å². The van der Waals surface area contributed by atoms with Gasteiger partial charge in [-0.1, -0.05) is 11.2 Å². The average molecular weight is 386 g/mol. The number of pyridine rings is 1. The summed E-state index contributed by atoms with van der Waals surface area (Å²) in [6.07, 6.45) is 2.09. The first-order valence-electron chi connectivity index (χ1n) is 8.29. The van der Waals surface area contributed by atoms with Crippen LogP contribution < -0.4 is 5.56 Å². The van der Waals surface area contributed by atoms with E-state index in [1.807, 2.05) is 23.6 Å². The average Bonchev–Trinajstić information content (AvgIpc) is 3.08. The molecule has 26 heavy (non-hydrogen) atoms. The molecule has 0 radical (unpaired) electrons. The molecule has 1 N–H and O–H groups in total. The summed E-state index contributed by atoms with van der Waals surface area (Å²) < 4.78 is 7.00. The summed E-state index contributed by atoms with van der Waals surface area (Å²) in [7, 11) is 0. The normalized spacial score (nSPS) is 18.8. The standard InChI is InChI=1S/C18H14N2O4S2/c21-15-6-10(13-7-11(19-24-13)14-2-1-5-25-14)16(9-3-4-9)17-20(15)12(8-26-17)18(22)23/h1-2,5-7,9,12H,3-4,8H2,(H,22,23). The third kappa shape index (κ3) is 2.44. The van der Waals surface area contributed by atoms with E-state index >= 15 is 0 Å². The fourth-order valence-electron chi connectivity index (χ4n) is 3.39. The molecule has 6 nitrogen and oxygen atoms in total. The van der Waals surface area contributed by atoms with Crippen molar-refractivity contribution in [3.05, 3.63) is 45.6 Å². The van der Waals surface area contributed by atoms with E-state index in [4.69, 9.17) is 4.52 Å². The summed E-state index contributed by atoms with van der Waals surface area (Å²) in [5.74, 6) is 0.328. The molecule has 1 saturated carbocycles. The lowest BCUT2D eigenvalue weighted by molar-refractivity contribution is -0.140. The monoisotopic (exact) mass is 386 g/mol. The molecule has 4 heterocycles. The predicted molar refractivity (Wildman–Crippen MR) is 98.9 cm³/mol. The molecule has 1 aliphatic carbocycles. The summed E-state index contributed by atoms with van der Waals surface area (Å²) in [5, 5.41) is 16.3. The van der Waals surface area contributed by atoms with Gasteiger partial charge in [-0.25, -0.2) is 4.79 Å². The number of carbonyl (C=O) groups is 1. The Morgan fingerprint density at radius 2 is 2.19 bits per heavy atom. The molecule has 1 aliphatic heterocycles. The largest absolute Gasteiger partial charge is 0.480 e. The quantitative estimate of drug-likeness (QED) is 0.733. The second-order valence-corrected chi connectivity index (χ2v) is 8.43. The second-order valence-electron chi connectivity index (χ2n) is 6.48. The maximum Gasteiger partial charge on any atom is 0.327 e. The van der Waals surface area contributed by atoms with E-state index in [0.717, 1.165) is 39.6 Å². The minimum atomic E-state index is -0.965. The molecule has 132 valence electrons. The van der Waals surface area contributed by atoms with Gasteiger partial charge in [0.05, 0.1) is 9.90 Å². The van der Waals surface area contributed by atoms with Crippen molar-refractivity contribution in [2.45, 2.75) is 29.8 Å². The smallest absolute Gasteiger partial charge is 0.327 e. The molecule has 1 unspecified atom stereocenters. The molecule has 1 fully saturated rings. The number of rotatable bonds is 4. The molecule has 1 atom stereocenters. The zero-order chi connectivity index (χ0) is 17.8. The summed E-state index contributed by atoms with van der Waals surface area (Å²) in [6.45, 7) is 0. The van der Waals surface area contributed by atoms with E-state index in [-0.39, 0.29) is 5.56 Å². The van der Waals surface area contributed by atoms with Gasteiger partial charge in [0.25, 0.3) is 5.56 Å². The molecule has 0 amide bonds. The van der Waals surface area contributed by atoms with Crippen molar-refractivity contribution >= 4 is 29.1 Å². The SMILES string of the molecule is O=C(O)C1CSc2c(C3CC3)c(-c3cc(-c4cccs4)no3)cc(=O)n21. The Labute approximate surface area is 156 Å². The van der Waals surface area contributed by atoms with Gasteiger partial charge in [-0.2, -0.15) is 0 Å². The molecule has 0 spiro atoms. The van der Waals surface area contributed by atoms with Crippen LogP contribution >= 0.6 is 23.1 Å². The molecule has 0 bridgehead atoms. The van der Waals surface area contributed by atoms with Gasteiger partial charge in [0.2, 0.25) is 0 Å². The van der Waals surface area contributed by atoms with Crippen molar-refractivity contribution in [3.63, 3.8) is 0 Å². The van der Waals surface area contributed by atoms with E-state index in [0.29, 0.717) is 17.4 Å². The Kier molecular flexibility index (Phi) is 3.58. The number of thioether (sulfide) groups is 1. The van der Waals surface area contributed by atoms with Gasteiger partial charge in [0, 0.05) is 23.4 Å². The fourth-order valence-corrected chi connectivity index (χ4v) is 5.46. The van der Waals surface area contributed by atoms with Gasteiger partial charge in [0.15, 0.2) is 5.76 Å². The molecule has 3 aromatic heterocycles. The first-order valence-corrected chi connectivity index (χ1v) is 10.2. The lowest BCUT2D eigenvalue weighted by Gasteiger charge is -2.14. The van der Waals surface area contributed by atoms with Crippen molar-refractivity contribution < 1.29 is 14.4 Å². The molecule has 5 rings (SSSR count). The highest BCUT2D eigenvalue weighted by atomic mass is 32.2. The molecular formula is C18H14N2O4S2. The van der Waals surface area contributed by atoms with Crippen molar-refractivity contribution in [1.82, 2.24) is 9.72 Å². The molecule has 0 aromatic carbocycles. The number of thiophene rings is 1. The van der Waals surface area contributed by atoms with E-state index in [1.165, 1.54) is 22.4 Å². The zero-order valence-corrected chi connectivity index (χ0v) is 15.2. The summed E-state index contributed by atoms with van der Waals surface area (Å²) in [5.41, 5.74) is 2.23. The lowest BCUT2D eigenvalue weighted by atomic mass is 10.0. The van der Waals surface area contributed by atoms with Crippen LogP contribution in [0.5, 0.6) is 0 Å². The Morgan fingerprint density at radius 1 is 1.35 bits per heavy atom. The van der Waals surface area contributed by atoms with Crippen LogP contribution in [0, 0.1) is 0 Å². The lowest BCUT2D eigenvalue weighted by Crippen LogP contribution is -2.29. The Bertz CT molecular complexity index is 1060. The summed E-state index contributed by atoms with van der Waals surface area (Å²) in [6, 6.07) is 6.49. The number of carboxylic acid groups (broad SMARTS) is 1. The number of fused-ring (bicyclic) bond motifs is 1. The van der Waals surface area contributed by atoms with Crippen molar-refractivity contribution in [2.75, 3.05) is 5.75 Å². The third-order valence-electron chi connectivity index (χ3n) is 4.75. The van der Waals surface area contributed by atoms with Gasteiger partial charge in [-0.05, 0) is 35.8 Å². The Morgan fingerprint density at radius 3 is 2.88 bits per heavy atom. The topological polar surface area (TPSA) is 85.3 Å². The van der Waals surface area contributed by atoms with Crippen LogP contribution in [0.15, 0.2) is 44.0 Å². The maximum absolute atomic E-state index is 12.7. The number of hydrogen-bond donors (Lipinski definition) is 1. The van der Waals surface area contributed by atoms with E-state index in [1.54, 1.807) is 11.3 Å². The molecule has 2 aliphatic rings. The zero-order valence-electron chi connectivity index (χ0n) is 13.5. The van der Waals surface area contributed by atoms with Crippen LogP contribution in [0.25, 0.3) is 21.9 Å². The van der Waals surface area contributed by atoms with Crippen LogP contribution in [0.3, 0.4) is 0 Å². The Hall–Kier alpha value is -2.32. The summed E-state index contributed by atoms with van der Waals surface area (Å²) in [4.78, 5) is 25.2. The van der Waals surface area contributed by atoms with Gasteiger partial charge in [-0.3, -0.25) is 9.36 Å². The number of carboxylic acids is 1. The van der Waals surface area contributed by atoms with Gasteiger partial charge in [0.1, 0.15) is 11.7 Å². The number of aliphatic carboxylic acids is 1. The molecular weight excluding hydrogens is 372 g/mol. The Balaban J connectivity index is 1.68. The predicted octanol–water partition coefficient (Wildman–Crippen LogP) is 3.84. The van der Waals surface area contributed by atoms with Crippen LogP contribution in [0.2, 0.25) is 0 Å². The molecule has 0 saturated heterocycles. The van der Waals surface area contributed by atoms with Crippen molar-refractivity contribution in [2.24, 2.45) is 0 Å². The fraction of sp³-hybridized carbons (Fsp3) is 0.278. The van der Waals surface area contributed by atoms with Crippen molar-refractivity contribution in [1.29, 1.82) is 0 Å². The first kappa shape index (κ1) is 15.9. The van der Waals surface area contributed by atoms with Gasteiger partial charge >= 0.3 is 5.97 Å².